The molecule has 1 aromatic carbocycles. The predicted molar refractivity (Wildman–Crippen MR) is 113 cm³/mol. The summed E-state index contributed by atoms with van der Waals surface area (Å²) in [5.41, 5.74) is 0.744. The van der Waals surface area contributed by atoms with Crippen LogP contribution in [0.2, 0.25) is 0 Å². The fraction of sp³-hybridized carbons (Fsp3) is 0.455. The molecule has 0 aliphatic carbocycles. The molecule has 2 heterocycles. The fourth-order valence-corrected chi connectivity index (χ4v) is 3.26. The number of ether oxygens (including phenoxy) is 1. The summed E-state index contributed by atoms with van der Waals surface area (Å²) >= 11 is 0. The quantitative estimate of drug-likeness (QED) is 0.576. The van der Waals surface area contributed by atoms with Crippen molar-refractivity contribution in [2.75, 3.05) is 24.6 Å². The number of carbonyl (C=O) groups excluding carboxylic acids is 3. The minimum atomic E-state index is -0.428. The normalized spacial score (nSPS) is 15.4. The van der Waals surface area contributed by atoms with Gasteiger partial charge in [-0.1, -0.05) is 17.3 Å². The van der Waals surface area contributed by atoms with Crippen LogP contribution in [0, 0.1) is 12.7 Å². The van der Waals surface area contributed by atoms with Gasteiger partial charge in [0.15, 0.2) is 5.82 Å². The zero-order valence-electron chi connectivity index (χ0n) is 17.9. The van der Waals surface area contributed by atoms with E-state index in [9.17, 15) is 18.8 Å². The highest BCUT2D eigenvalue weighted by Crippen LogP contribution is 2.16. The zero-order chi connectivity index (χ0) is 22.9. The van der Waals surface area contributed by atoms with Crippen LogP contribution in [0.1, 0.15) is 37.0 Å². The van der Waals surface area contributed by atoms with E-state index in [-0.39, 0.29) is 55.5 Å². The maximum Gasteiger partial charge on any atom is 0.240 e. The highest BCUT2D eigenvalue weighted by atomic mass is 19.1. The number of aromatic nitrogens is 1. The van der Waals surface area contributed by atoms with Gasteiger partial charge in [-0.2, -0.15) is 0 Å². The SMILES string of the molecule is Cc1cc(N(CC(=O)NC[C@H]2CCCO2)C(=O)CCC(=O)NCc2ccc(F)cc2)no1. The van der Waals surface area contributed by atoms with Gasteiger partial charge in [0.1, 0.15) is 18.1 Å². The summed E-state index contributed by atoms with van der Waals surface area (Å²) in [6.45, 7) is 2.73. The average Bonchev–Trinajstić information content (AvgIpc) is 3.45. The smallest absolute Gasteiger partial charge is 0.240 e. The van der Waals surface area contributed by atoms with Crippen LogP contribution >= 0.6 is 0 Å². The number of benzene rings is 1. The molecule has 9 nitrogen and oxygen atoms in total. The number of rotatable bonds is 10. The van der Waals surface area contributed by atoms with Crippen molar-refractivity contribution in [1.82, 2.24) is 15.8 Å². The third-order valence-electron chi connectivity index (χ3n) is 5.01. The molecule has 1 aliphatic rings. The first-order chi connectivity index (χ1) is 15.4. The summed E-state index contributed by atoms with van der Waals surface area (Å²) in [7, 11) is 0. The Balaban J connectivity index is 1.50. The Morgan fingerprint density at radius 1 is 1.16 bits per heavy atom. The summed E-state index contributed by atoms with van der Waals surface area (Å²) in [6.07, 6.45) is 1.66. The van der Waals surface area contributed by atoms with Gasteiger partial charge in [0.05, 0.1) is 6.10 Å². The standard InChI is InChI=1S/C22H27FN4O5/c1-15-11-19(26-32-15)27(14-21(29)25-13-18-3-2-10-31-18)22(30)9-8-20(28)24-12-16-4-6-17(23)7-5-16/h4-7,11,18H,2-3,8-10,12-14H2,1H3,(H,24,28)(H,25,29)/t18-/m1/s1. The van der Waals surface area contributed by atoms with Crippen molar-refractivity contribution in [1.29, 1.82) is 0 Å². The third kappa shape index (κ3) is 7.16. The lowest BCUT2D eigenvalue weighted by atomic mass is 10.2. The summed E-state index contributed by atoms with van der Waals surface area (Å²) in [5, 5.41) is 9.29. The molecule has 1 aliphatic heterocycles. The summed E-state index contributed by atoms with van der Waals surface area (Å²) < 4.78 is 23.5. The number of carbonyl (C=O) groups is 3. The Bertz CT molecular complexity index is 925. The van der Waals surface area contributed by atoms with Crippen molar-refractivity contribution >= 4 is 23.5 Å². The monoisotopic (exact) mass is 446 g/mol. The van der Waals surface area contributed by atoms with Crippen molar-refractivity contribution in [3.63, 3.8) is 0 Å². The van der Waals surface area contributed by atoms with Crippen LogP contribution in [-0.4, -0.2) is 48.7 Å². The van der Waals surface area contributed by atoms with Crippen molar-refractivity contribution in [3.05, 3.63) is 47.5 Å². The lowest BCUT2D eigenvalue weighted by molar-refractivity contribution is -0.126. The van der Waals surface area contributed by atoms with Crippen LogP contribution in [0.15, 0.2) is 34.9 Å². The first-order valence-corrected chi connectivity index (χ1v) is 10.5. The van der Waals surface area contributed by atoms with Crippen LogP contribution in [-0.2, 0) is 25.7 Å². The summed E-state index contributed by atoms with van der Waals surface area (Å²) in [4.78, 5) is 38.5. The molecular formula is C22H27FN4O5. The van der Waals surface area contributed by atoms with E-state index in [2.05, 4.69) is 15.8 Å². The van der Waals surface area contributed by atoms with Gasteiger partial charge in [-0.15, -0.1) is 0 Å². The van der Waals surface area contributed by atoms with E-state index in [0.717, 1.165) is 18.4 Å². The van der Waals surface area contributed by atoms with E-state index in [4.69, 9.17) is 9.26 Å². The molecule has 0 saturated carbocycles. The van der Waals surface area contributed by atoms with Gasteiger partial charge in [0, 0.05) is 38.6 Å². The molecular weight excluding hydrogens is 419 g/mol. The van der Waals surface area contributed by atoms with Crippen molar-refractivity contribution < 1.29 is 28.0 Å². The van der Waals surface area contributed by atoms with Crippen LogP contribution in [0.25, 0.3) is 0 Å². The molecule has 10 heteroatoms. The molecule has 172 valence electrons. The molecule has 3 rings (SSSR count). The minimum Gasteiger partial charge on any atom is -0.376 e. The van der Waals surface area contributed by atoms with E-state index in [1.54, 1.807) is 25.1 Å². The Labute approximate surface area is 185 Å². The first-order valence-electron chi connectivity index (χ1n) is 10.5. The zero-order valence-corrected chi connectivity index (χ0v) is 17.9. The molecule has 2 N–H and O–H groups in total. The van der Waals surface area contributed by atoms with Crippen molar-refractivity contribution in [2.24, 2.45) is 0 Å². The molecule has 1 fully saturated rings. The molecule has 1 saturated heterocycles. The van der Waals surface area contributed by atoms with E-state index in [1.807, 2.05) is 0 Å². The lowest BCUT2D eigenvalue weighted by Crippen LogP contribution is -2.43. The maximum atomic E-state index is 13.0. The van der Waals surface area contributed by atoms with Crippen molar-refractivity contribution in [2.45, 2.75) is 45.3 Å². The molecule has 0 spiro atoms. The molecule has 1 aromatic heterocycles. The van der Waals surface area contributed by atoms with E-state index < -0.39 is 5.91 Å². The molecule has 0 bridgehead atoms. The van der Waals surface area contributed by atoms with Crippen molar-refractivity contribution in [3.8, 4) is 0 Å². The largest absolute Gasteiger partial charge is 0.376 e. The third-order valence-corrected chi connectivity index (χ3v) is 5.01. The molecule has 32 heavy (non-hydrogen) atoms. The van der Waals surface area contributed by atoms with Crippen LogP contribution in [0.3, 0.4) is 0 Å². The number of nitrogens with zero attached hydrogens (tertiary/aromatic N) is 2. The highest BCUT2D eigenvalue weighted by molar-refractivity contribution is 5.99. The summed E-state index contributed by atoms with van der Waals surface area (Å²) in [6, 6.07) is 7.33. The van der Waals surface area contributed by atoms with Crippen LogP contribution in [0.5, 0.6) is 0 Å². The predicted octanol–water partition coefficient (Wildman–Crippen LogP) is 1.85. The topological polar surface area (TPSA) is 114 Å². The Morgan fingerprint density at radius 3 is 2.59 bits per heavy atom. The second-order valence-electron chi connectivity index (χ2n) is 7.62. The van der Waals surface area contributed by atoms with Crippen LogP contribution in [0.4, 0.5) is 10.2 Å². The molecule has 2 aromatic rings. The second-order valence-corrected chi connectivity index (χ2v) is 7.62. The maximum absolute atomic E-state index is 13.0. The lowest BCUT2D eigenvalue weighted by Gasteiger charge is -2.20. The average molecular weight is 446 g/mol. The van der Waals surface area contributed by atoms with Gasteiger partial charge in [0.25, 0.3) is 0 Å². The number of hydrogen-bond acceptors (Lipinski definition) is 6. The Kier molecular flexibility index (Phi) is 8.32. The number of hydrogen-bond donors (Lipinski definition) is 2. The number of aryl methyl sites for hydroxylation is 1. The van der Waals surface area contributed by atoms with Gasteiger partial charge in [-0.05, 0) is 37.5 Å². The van der Waals surface area contributed by atoms with Gasteiger partial charge in [0.2, 0.25) is 17.7 Å². The molecule has 0 radical (unpaired) electrons. The molecule has 1 atom stereocenters. The van der Waals surface area contributed by atoms with E-state index in [0.29, 0.717) is 18.9 Å². The number of nitrogens with one attached hydrogen (secondary N) is 2. The highest BCUT2D eigenvalue weighted by Gasteiger charge is 2.24. The Hall–Kier alpha value is -3.27. The molecule has 0 unspecified atom stereocenters. The number of amides is 3. The second kappa shape index (κ2) is 11.4. The number of anilines is 1. The van der Waals surface area contributed by atoms with Crippen LogP contribution < -0.4 is 15.5 Å². The van der Waals surface area contributed by atoms with Gasteiger partial charge < -0.3 is 19.9 Å². The molecule has 3 amide bonds. The minimum absolute atomic E-state index is 0.0119. The van der Waals surface area contributed by atoms with E-state index in [1.165, 1.54) is 17.0 Å². The first kappa shape index (κ1) is 23.4. The van der Waals surface area contributed by atoms with Gasteiger partial charge in [-0.25, -0.2) is 4.39 Å². The van der Waals surface area contributed by atoms with Gasteiger partial charge >= 0.3 is 0 Å². The summed E-state index contributed by atoms with van der Waals surface area (Å²) in [5.74, 6) is -0.755. The van der Waals surface area contributed by atoms with Gasteiger partial charge in [-0.3, -0.25) is 19.3 Å². The Morgan fingerprint density at radius 2 is 1.94 bits per heavy atom. The van der Waals surface area contributed by atoms with E-state index >= 15 is 0 Å². The number of halogens is 1. The fourth-order valence-electron chi connectivity index (χ4n) is 3.26.